The molecule has 1 aromatic rings. The molecule has 0 spiro atoms. The Morgan fingerprint density at radius 1 is 1.14 bits per heavy atom. The van der Waals surface area contributed by atoms with Gasteiger partial charge in [0.25, 0.3) is 0 Å². The first-order valence-electron chi connectivity index (χ1n) is 8.38. The summed E-state index contributed by atoms with van der Waals surface area (Å²) >= 11 is 0. The van der Waals surface area contributed by atoms with Gasteiger partial charge in [-0.05, 0) is 67.4 Å². The second kappa shape index (κ2) is 4.46. The third-order valence-corrected chi connectivity index (χ3v) is 5.91. The molecule has 118 valence electrons. The maximum absolute atomic E-state index is 12.4. The van der Waals surface area contributed by atoms with E-state index in [0.29, 0.717) is 16.6 Å². The standard InChI is InChI=1S/C18H25N3O/c1-16-7-13-8-17(2,10-16)12-18(9-13,11-16)21-15(22)20-14-5-3-4-6-19-14/h3-6,13H,7-12H2,1-2H3,(H2,19,20,21,22). The van der Waals surface area contributed by atoms with Gasteiger partial charge in [-0.2, -0.15) is 0 Å². The lowest BCUT2D eigenvalue weighted by atomic mass is 9.43. The van der Waals surface area contributed by atoms with Crippen molar-refractivity contribution in [2.45, 2.75) is 57.9 Å². The molecule has 2 unspecified atom stereocenters. The number of pyridine rings is 1. The molecule has 4 aliphatic rings. The molecule has 4 nitrogen and oxygen atoms in total. The SMILES string of the molecule is CC12CC3CC(C)(C1)CC(NC(=O)Nc1ccccn1)(C3)C2. The zero-order valence-corrected chi connectivity index (χ0v) is 13.5. The Kier molecular flexibility index (Phi) is 2.85. The molecule has 2 amide bonds. The normalized spacial score (nSPS) is 42.2. The van der Waals surface area contributed by atoms with E-state index in [9.17, 15) is 4.79 Å². The molecule has 1 heterocycles. The van der Waals surface area contributed by atoms with E-state index in [4.69, 9.17) is 0 Å². The lowest BCUT2D eigenvalue weighted by molar-refractivity contribution is -0.113. The van der Waals surface area contributed by atoms with Crippen LogP contribution in [0.5, 0.6) is 0 Å². The van der Waals surface area contributed by atoms with Crippen molar-refractivity contribution in [3.63, 3.8) is 0 Å². The average Bonchev–Trinajstić information content (AvgIpc) is 2.34. The quantitative estimate of drug-likeness (QED) is 0.868. The van der Waals surface area contributed by atoms with Gasteiger partial charge in [0.2, 0.25) is 0 Å². The molecular formula is C18H25N3O. The van der Waals surface area contributed by atoms with Crippen LogP contribution in [0.1, 0.15) is 52.4 Å². The van der Waals surface area contributed by atoms with E-state index in [2.05, 4.69) is 29.5 Å². The summed E-state index contributed by atoms with van der Waals surface area (Å²) < 4.78 is 0. The first-order chi connectivity index (χ1) is 10.4. The fraction of sp³-hybridized carbons (Fsp3) is 0.667. The molecule has 2 atom stereocenters. The van der Waals surface area contributed by atoms with Crippen molar-refractivity contribution >= 4 is 11.8 Å². The van der Waals surface area contributed by atoms with E-state index >= 15 is 0 Å². The van der Waals surface area contributed by atoms with Crippen molar-refractivity contribution in [1.29, 1.82) is 0 Å². The third-order valence-electron chi connectivity index (χ3n) is 5.91. The predicted molar refractivity (Wildman–Crippen MR) is 86.5 cm³/mol. The summed E-state index contributed by atoms with van der Waals surface area (Å²) in [6, 6.07) is 5.45. The minimum Gasteiger partial charge on any atom is -0.332 e. The highest BCUT2D eigenvalue weighted by atomic mass is 16.2. The molecular weight excluding hydrogens is 274 g/mol. The largest absolute Gasteiger partial charge is 0.332 e. The number of carbonyl (C=O) groups excluding carboxylic acids is 1. The number of anilines is 1. The monoisotopic (exact) mass is 299 g/mol. The first kappa shape index (κ1) is 14.0. The van der Waals surface area contributed by atoms with Crippen molar-refractivity contribution in [2.75, 3.05) is 5.32 Å². The van der Waals surface area contributed by atoms with Gasteiger partial charge in [-0.1, -0.05) is 19.9 Å². The molecule has 2 N–H and O–H groups in total. The van der Waals surface area contributed by atoms with Gasteiger partial charge in [0.05, 0.1) is 0 Å². The van der Waals surface area contributed by atoms with Gasteiger partial charge in [-0.25, -0.2) is 9.78 Å². The minimum atomic E-state index is -0.104. The zero-order chi connectivity index (χ0) is 15.4. The molecule has 4 bridgehead atoms. The van der Waals surface area contributed by atoms with Crippen LogP contribution >= 0.6 is 0 Å². The van der Waals surface area contributed by atoms with E-state index < -0.39 is 0 Å². The van der Waals surface area contributed by atoms with Gasteiger partial charge in [0, 0.05) is 11.7 Å². The van der Waals surface area contributed by atoms with Crippen molar-refractivity contribution in [3.8, 4) is 0 Å². The van der Waals surface area contributed by atoms with Crippen molar-refractivity contribution in [3.05, 3.63) is 24.4 Å². The number of nitrogens with zero attached hydrogens (tertiary/aromatic N) is 1. The first-order valence-corrected chi connectivity index (χ1v) is 8.38. The average molecular weight is 299 g/mol. The van der Waals surface area contributed by atoms with E-state index in [1.165, 1.54) is 19.3 Å². The summed E-state index contributed by atoms with van der Waals surface area (Å²) in [5.41, 5.74) is 0.806. The second-order valence-electron chi connectivity index (χ2n) is 8.70. The summed E-state index contributed by atoms with van der Waals surface area (Å²) in [5, 5.41) is 6.21. The van der Waals surface area contributed by atoms with Crippen molar-refractivity contribution in [1.82, 2.24) is 10.3 Å². The molecule has 5 rings (SSSR count). The number of nitrogens with one attached hydrogen (secondary N) is 2. The number of carbonyl (C=O) groups is 1. The van der Waals surface area contributed by atoms with Crippen LogP contribution in [0.3, 0.4) is 0 Å². The predicted octanol–water partition coefficient (Wildman–Crippen LogP) is 3.95. The Morgan fingerprint density at radius 3 is 2.45 bits per heavy atom. The fourth-order valence-corrected chi connectivity index (χ4v) is 6.41. The van der Waals surface area contributed by atoms with Crippen LogP contribution in [0.15, 0.2) is 24.4 Å². The van der Waals surface area contributed by atoms with Crippen molar-refractivity contribution in [2.24, 2.45) is 16.7 Å². The fourth-order valence-electron chi connectivity index (χ4n) is 6.41. The van der Waals surface area contributed by atoms with Crippen LogP contribution in [0.2, 0.25) is 0 Å². The van der Waals surface area contributed by atoms with E-state index in [-0.39, 0.29) is 11.6 Å². The molecule has 0 saturated heterocycles. The van der Waals surface area contributed by atoms with Crippen LogP contribution in [0, 0.1) is 16.7 Å². The maximum Gasteiger partial charge on any atom is 0.320 e. The molecule has 4 heteroatoms. The van der Waals surface area contributed by atoms with Gasteiger partial charge in [-0.15, -0.1) is 0 Å². The highest BCUT2D eigenvalue weighted by molar-refractivity contribution is 5.88. The molecule has 0 radical (unpaired) electrons. The summed E-state index contributed by atoms with van der Waals surface area (Å²) in [6.07, 6.45) is 9.10. The van der Waals surface area contributed by atoms with E-state index in [0.717, 1.165) is 25.2 Å². The topological polar surface area (TPSA) is 54.0 Å². The Bertz CT molecular complexity index is 582. The van der Waals surface area contributed by atoms with Crippen LogP contribution in [0.4, 0.5) is 10.6 Å². The Balaban J connectivity index is 1.51. The maximum atomic E-state index is 12.4. The molecule has 4 aliphatic carbocycles. The number of hydrogen-bond donors (Lipinski definition) is 2. The van der Waals surface area contributed by atoms with Crippen LogP contribution < -0.4 is 10.6 Å². The lowest BCUT2D eigenvalue weighted by Crippen LogP contribution is -2.65. The summed E-state index contributed by atoms with van der Waals surface area (Å²) in [6.45, 7) is 4.84. The number of hydrogen-bond acceptors (Lipinski definition) is 2. The molecule has 4 fully saturated rings. The summed E-state index contributed by atoms with van der Waals surface area (Å²) in [5.74, 6) is 1.39. The van der Waals surface area contributed by atoms with Gasteiger partial charge in [0.15, 0.2) is 0 Å². The second-order valence-corrected chi connectivity index (χ2v) is 8.70. The number of amides is 2. The summed E-state index contributed by atoms with van der Waals surface area (Å²) in [7, 11) is 0. The van der Waals surface area contributed by atoms with E-state index in [1.807, 2.05) is 18.2 Å². The molecule has 0 aliphatic heterocycles. The molecule has 1 aromatic heterocycles. The molecule has 22 heavy (non-hydrogen) atoms. The minimum absolute atomic E-state index is 0.0121. The number of rotatable bonds is 2. The highest BCUT2D eigenvalue weighted by Gasteiger charge is 2.60. The zero-order valence-electron chi connectivity index (χ0n) is 13.5. The van der Waals surface area contributed by atoms with Crippen molar-refractivity contribution < 1.29 is 4.79 Å². The van der Waals surface area contributed by atoms with Gasteiger partial charge >= 0.3 is 6.03 Å². The number of urea groups is 1. The summed E-state index contributed by atoms with van der Waals surface area (Å²) in [4.78, 5) is 16.6. The molecule has 4 saturated carbocycles. The number of aromatic nitrogens is 1. The smallest absolute Gasteiger partial charge is 0.320 e. The Morgan fingerprint density at radius 2 is 1.86 bits per heavy atom. The van der Waals surface area contributed by atoms with E-state index in [1.54, 1.807) is 6.20 Å². The van der Waals surface area contributed by atoms with Crippen LogP contribution in [0.25, 0.3) is 0 Å². The van der Waals surface area contributed by atoms with Crippen LogP contribution in [-0.4, -0.2) is 16.6 Å². The third kappa shape index (κ3) is 2.38. The van der Waals surface area contributed by atoms with Gasteiger partial charge in [0.1, 0.15) is 5.82 Å². The Hall–Kier alpha value is -1.58. The lowest BCUT2D eigenvalue weighted by Gasteiger charge is -2.65. The van der Waals surface area contributed by atoms with Gasteiger partial charge in [-0.3, -0.25) is 5.32 Å². The Labute approximate surface area is 132 Å². The highest BCUT2D eigenvalue weighted by Crippen LogP contribution is 2.66. The van der Waals surface area contributed by atoms with Gasteiger partial charge < -0.3 is 5.32 Å². The van der Waals surface area contributed by atoms with Crippen LogP contribution in [-0.2, 0) is 0 Å². The molecule has 0 aromatic carbocycles.